The third-order valence-corrected chi connectivity index (χ3v) is 11.8. The molecular formula is C44H48N4O4S. The average Bonchev–Trinajstić information content (AvgIpc) is 3.51. The van der Waals surface area contributed by atoms with Crippen LogP contribution in [0.5, 0.6) is 5.75 Å². The Morgan fingerprint density at radius 2 is 1.53 bits per heavy atom. The van der Waals surface area contributed by atoms with Crippen molar-refractivity contribution in [2.45, 2.75) is 62.9 Å². The Morgan fingerprint density at radius 3 is 2.23 bits per heavy atom. The number of piperazine rings is 1. The van der Waals surface area contributed by atoms with E-state index in [0.717, 1.165) is 61.7 Å². The molecule has 8 nitrogen and oxygen atoms in total. The van der Waals surface area contributed by atoms with Gasteiger partial charge in [-0.1, -0.05) is 67.9 Å². The van der Waals surface area contributed by atoms with Gasteiger partial charge in [-0.05, 0) is 114 Å². The van der Waals surface area contributed by atoms with Crippen LogP contribution in [0.1, 0.15) is 78.1 Å². The number of unbranched alkanes of at least 4 members (excludes halogenated alkanes) is 2. The molecule has 0 aliphatic carbocycles. The first-order chi connectivity index (χ1) is 25.9. The number of hydrogen-bond acceptors (Lipinski definition) is 7. The van der Waals surface area contributed by atoms with Crippen LogP contribution in [0, 0.1) is 0 Å². The highest BCUT2D eigenvalue weighted by molar-refractivity contribution is 7.99. The predicted molar refractivity (Wildman–Crippen MR) is 213 cm³/mol. The summed E-state index contributed by atoms with van der Waals surface area (Å²) in [6.07, 6.45) is 5.12. The van der Waals surface area contributed by atoms with Gasteiger partial charge in [0.15, 0.2) is 0 Å². The number of carbonyl (C=O) groups excluding carboxylic acids is 3. The zero-order valence-electron chi connectivity index (χ0n) is 30.4. The molecule has 0 radical (unpaired) electrons. The maximum atomic E-state index is 13.1. The zero-order valence-corrected chi connectivity index (χ0v) is 31.2. The number of anilines is 1. The van der Waals surface area contributed by atoms with Crippen molar-refractivity contribution < 1.29 is 19.5 Å². The molecule has 1 unspecified atom stereocenters. The fourth-order valence-electron chi connectivity index (χ4n) is 7.82. The van der Waals surface area contributed by atoms with Crippen LogP contribution >= 0.6 is 11.8 Å². The number of hydrogen-bond donors (Lipinski definition) is 2. The first-order valence-electron chi connectivity index (χ1n) is 18.9. The first-order valence-corrected chi connectivity index (χ1v) is 19.9. The Labute approximate surface area is 316 Å². The summed E-state index contributed by atoms with van der Waals surface area (Å²) >= 11 is 1.92. The van der Waals surface area contributed by atoms with Crippen molar-refractivity contribution in [2.24, 2.45) is 0 Å². The number of nitrogens with one attached hydrogen (secondary N) is 1. The number of nitrogens with zero attached hydrogens (tertiary/aromatic N) is 3. The number of piperidine rings is 1. The quantitative estimate of drug-likeness (QED) is 0.0634. The summed E-state index contributed by atoms with van der Waals surface area (Å²) in [6.45, 7) is 7.66. The van der Waals surface area contributed by atoms with E-state index < -0.39 is 6.04 Å². The van der Waals surface area contributed by atoms with Crippen molar-refractivity contribution in [1.82, 2.24) is 15.1 Å². The smallest absolute Gasteiger partial charge is 0.255 e. The van der Waals surface area contributed by atoms with E-state index in [1.807, 2.05) is 36.0 Å². The minimum absolute atomic E-state index is 0.125. The molecule has 3 amide bonds. The fraction of sp³-hybridized carbons (Fsp3) is 0.341. The Balaban J connectivity index is 0.852. The van der Waals surface area contributed by atoms with Crippen LogP contribution < -0.4 is 10.2 Å². The number of amides is 3. The van der Waals surface area contributed by atoms with E-state index >= 15 is 0 Å². The Morgan fingerprint density at radius 1 is 0.811 bits per heavy atom. The van der Waals surface area contributed by atoms with Crippen molar-refractivity contribution in [3.05, 3.63) is 125 Å². The second-order valence-electron chi connectivity index (χ2n) is 14.1. The lowest BCUT2D eigenvalue weighted by molar-refractivity contribution is -0.136. The summed E-state index contributed by atoms with van der Waals surface area (Å²) in [5, 5.41) is 12.3. The molecule has 4 aromatic rings. The van der Waals surface area contributed by atoms with Crippen LogP contribution in [0.4, 0.5) is 5.69 Å². The number of imide groups is 1. The lowest BCUT2D eigenvalue weighted by Gasteiger charge is -2.36. The van der Waals surface area contributed by atoms with Gasteiger partial charge in [0.1, 0.15) is 11.8 Å². The van der Waals surface area contributed by atoms with Crippen LogP contribution in [-0.2, 0) is 16.1 Å². The molecule has 0 bridgehead atoms. The molecule has 3 aliphatic rings. The van der Waals surface area contributed by atoms with Crippen molar-refractivity contribution in [1.29, 1.82) is 0 Å². The molecule has 1 atom stereocenters. The number of phenols is 1. The summed E-state index contributed by atoms with van der Waals surface area (Å²) < 4.78 is 0. The summed E-state index contributed by atoms with van der Waals surface area (Å²) in [7, 11) is 0. The van der Waals surface area contributed by atoms with Gasteiger partial charge < -0.3 is 14.9 Å². The summed E-state index contributed by atoms with van der Waals surface area (Å²) in [5.74, 6) is 0.604. The average molecular weight is 729 g/mol. The van der Waals surface area contributed by atoms with Gasteiger partial charge in [0.2, 0.25) is 11.8 Å². The van der Waals surface area contributed by atoms with Gasteiger partial charge >= 0.3 is 0 Å². The molecule has 0 saturated carbocycles. The van der Waals surface area contributed by atoms with Gasteiger partial charge in [0, 0.05) is 55.3 Å². The van der Waals surface area contributed by atoms with Crippen molar-refractivity contribution in [2.75, 3.05) is 43.4 Å². The molecule has 9 heteroatoms. The van der Waals surface area contributed by atoms with E-state index in [2.05, 4.69) is 82.7 Å². The Bertz CT molecular complexity index is 1950. The molecule has 7 rings (SSSR count). The van der Waals surface area contributed by atoms with Gasteiger partial charge in [-0.2, -0.15) is 0 Å². The van der Waals surface area contributed by atoms with Gasteiger partial charge in [-0.3, -0.25) is 24.6 Å². The maximum absolute atomic E-state index is 13.1. The summed E-state index contributed by atoms with van der Waals surface area (Å²) in [5.41, 5.74) is 8.75. The third-order valence-electron chi connectivity index (χ3n) is 10.7. The number of thioether (sulfide) groups is 1. The minimum atomic E-state index is -0.585. The van der Waals surface area contributed by atoms with Crippen LogP contribution in [0.25, 0.3) is 11.1 Å². The van der Waals surface area contributed by atoms with E-state index in [-0.39, 0.29) is 29.9 Å². The van der Waals surface area contributed by atoms with E-state index in [9.17, 15) is 19.5 Å². The normalized spacial score (nSPS) is 18.2. The molecule has 0 spiro atoms. The molecule has 2 fully saturated rings. The highest BCUT2D eigenvalue weighted by Crippen LogP contribution is 2.36. The molecule has 2 saturated heterocycles. The van der Waals surface area contributed by atoms with E-state index in [1.54, 1.807) is 17.0 Å². The fourth-order valence-corrected chi connectivity index (χ4v) is 8.73. The molecular weight excluding hydrogens is 681 g/mol. The largest absolute Gasteiger partial charge is 0.508 e. The molecule has 274 valence electrons. The first kappa shape index (κ1) is 36.5. The molecule has 3 aliphatic heterocycles. The number of rotatable bonds is 13. The Kier molecular flexibility index (Phi) is 11.6. The number of allylic oxidation sites excluding steroid dienone is 1. The molecule has 0 aromatic heterocycles. The highest BCUT2D eigenvalue weighted by atomic mass is 32.2. The number of benzene rings is 4. The maximum Gasteiger partial charge on any atom is 0.255 e. The number of fused-ring (bicyclic) bond motifs is 1. The predicted octanol–water partition coefficient (Wildman–Crippen LogP) is 7.61. The molecule has 4 aromatic carbocycles. The summed E-state index contributed by atoms with van der Waals surface area (Å²) in [6, 6.07) is 32.5. The number of aromatic hydroxyl groups is 1. The molecule has 3 heterocycles. The van der Waals surface area contributed by atoms with E-state index in [4.69, 9.17) is 0 Å². The lowest BCUT2D eigenvalue weighted by atomic mass is 9.88. The zero-order chi connectivity index (χ0) is 36.7. The minimum Gasteiger partial charge on any atom is -0.508 e. The lowest BCUT2D eigenvalue weighted by Crippen LogP contribution is -2.52. The van der Waals surface area contributed by atoms with Crippen molar-refractivity contribution in [3.8, 4) is 5.75 Å². The second-order valence-corrected chi connectivity index (χ2v) is 15.3. The van der Waals surface area contributed by atoms with Crippen LogP contribution in [0.2, 0.25) is 0 Å². The van der Waals surface area contributed by atoms with Gasteiger partial charge in [-0.25, -0.2) is 0 Å². The van der Waals surface area contributed by atoms with E-state index in [1.165, 1.54) is 46.4 Å². The van der Waals surface area contributed by atoms with Gasteiger partial charge in [-0.15, -0.1) is 11.8 Å². The topological polar surface area (TPSA) is 93.2 Å². The van der Waals surface area contributed by atoms with E-state index in [0.29, 0.717) is 18.5 Å². The van der Waals surface area contributed by atoms with Gasteiger partial charge in [0.05, 0.1) is 0 Å². The van der Waals surface area contributed by atoms with Gasteiger partial charge in [0.25, 0.3) is 5.91 Å². The second kappa shape index (κ2) is 16.9. The van der Waals surface area contributed by atoms with Crippen molar-refractivity contribution >= 4 is 46.3 Å². The third kappa shape index (κ3) is 8.53. The number of phenolic OH excluding ortho intramolecular Hbond substituents is 1. The van der Waals surface area contributed by atoms with Crippen molar-refractivity contribution in [3.63, 3.8) is 0 Å². The standard InChI is InChI=1S/C44H48N4O4S/c1-2-38(31-9-5-3-6-10-31)42(32-11-16-36(49)17-12-32)33-13-18-37(19-14-33)53-28-8-4-7-23-46-24-26-47(27-25-46)35-15-20-39-34(29-35)30-48(44(39)52)40-21-22-41(50)45-43(40)51/h3,5-6,9-20,29,40,49H,2,4,7-8,21-28,30H2,1H3,(H,45,50,51)/b42-38-. The van der Waals surface area contributed by atoms with Crippen LogP contribution in [0.15, 0.2) is 102 Å². The van der Waals surface area contributed by atoms with Crippen LogP contribution in [0.3, 0.4) is 0 Å². The number of carbonyl (C=O) groups is 3. The highest BCUT2D eigenvalue weighted by Gasteiger charge is 2.39. The van der Waals surface area contributed by atoms with Crippen LogP contribution in [-0.4, -0.2) is 77.1 Å². The monoisotopic (exact) mass is 728 g/mol. The summed E-state index contributed by atoms with van der Waals surface area (Å²) in [4.78, 5) is 44.9. The molecule has 2 N–H and O–H groups in total. The molecule has 53 heavy (non-hydrogen) atoms. The SMILES string of the molecule is CC/C(=C(\c1ccc(O)cc1)c1ccc(SCCCCCN2CCN(c3ccc4c(c3)CN(C3CCC(=O)NC3=O)C4=O)CC2)cc1)c1ccccc1. The Hall–Kier alpha value is -4.86.